The van der Waals surface area contributed by atoms with Gasteiger partial charge in [-0.15, -0.1) is 0 Å². The lowest BCUT2D eigenvalue weighted by Crippen LogP contribution is -2.30. The Balaban J connectivity index is 1.92. The van der Waals surface area contributed by atoms with Gasteiger partial charge in [-0.25, -0.2) is 4.68 Å². The molecule has 0 fully saturated rings. The van der Waals surface area contributed by atoms with Crippen molar-refractivity contribution in [1.29, 1.82) is 0 Å². The molecule has 5 nitrogen and oxygen atoms in total. The van der Waals surface area contributed by atoms with Crippen molar-refractivity contribution < 1.29 is 4.79 Å². The van der Waals surface area contributed by atoms with Crippen LogP contribution in [0.2, 0.25) is 0 Å². The van der Waals surface area contributed by atoms with E-state index >= 15 is 0 Å². The Kier molecular flexibility index (Phi) is 5.46. The number of rotatable bonds is 6. The van der Waals surface area contributed by atoms with Crippen LogP contribution in [-0.2, 0) is 13.1 Å². The average molecular weight is 349 g/mol. The summed E-state index contributed by atoms with van der Waals surface area (Å²) >= 11 is 0. The number of nitrogens with zero attached hydrogens (tertiary/aromatic N) is 2. The van der Waals surface area contributed by atoms with Gasteiger partial charge in [-0.1, -0.05) is 61.4 Å². The number of carbonyl (C=O) groups excluding carboxylic acids is 1. The molecule has 134 valence electrons. The van der Waals surface area contributed by atoms with Gasteiger partial charge in [-0.05, 0) is 25.0 Å². The van der Waals surface area contributed by atoms with Crippen LogP contribution < -0.4 is 10.9 Å². The van der Waals surface area contributed by atoms with Gasteiger partial charge in [-0.3, -0.25) is 9.59 Å². The van der Waals surface area contributed by atoms with E-state index in [1.807, 2.05) is 43.3 Å². The Morgan fingerprint density at radius 2 is 1.77 bits per heavy atom. The minimum absolute atomic E-state index is 0.149. The van der Waals surface area contributed by atoms with Crippen LogP contribution >= 0.6 is 0 Å². The van der Waals surface area contributed by atoms with Crippen molar-refractivity contribution in [3.8, 4) is 0 Å². The Bertz CT molecular complexity index is 975. The number of unbranched alkanes of at least 4 members (excludes halogenated alkanes) is 1. The zero-order valence-corrected chi connectivity index (χ0v) is 15.2. The van der Waals surface area contributed by atoms with E-state index in [0.29, 0.717) is 29.6 Å². The highest BCUT2D eigenvalue weighted by molar-refractivity contribution is 6.04. The quantitative estimate of drug-likeness (QED) is 0.741. The lowest BCUT2D eigenvalue weighted by molar-refractivity contribution is 0.0945. The summed E-state index contributed by atoms with van der Waals surface area (Å²) in [6, 6.07) is 15.2. The lowest BCUT2D eigenvalue weighted by atomic mass is 10.1. The zero-order chi connectivity index (χ0) is 18.5. The molecule has 0 spiro atoms. The highest BCUT2D eigenvalue weighted by Gasteiger charge is 2.16. The van der Waals surface area contributed by atoms with Gasteiger partial charge in [0.25, 0.3) is 11.5 Å². The summed E-state index contributed by atoms with van der Waals surface area (Å²) in [5, 5.41) is 8.39. The van der Waals surface area contributed by atoms with Crippen molar-refractivity contribution in [3.63, 3.8) is 0 Å². The molecule has 0 saturated carbocycles. The van der Waals surface area contributed by atoms with E-state index in [0.717, 1.165) is 18.4 Å². The molecule has 5 heteroatoms. The first-order valence-corrected chi connectivity index (χ1v) is 8.93. The molecule has 0 bridgehead atoms. The monoisotopic (exact) mass is 349 g/mol. The normalized spacial score (nSPS) is 10.8. The molecule has 3 aromatic rings. The van der Waals surface area contributed by atoms with Crippen molar-refractivity contribution in [2.75, 3.05) is 0 Å². The molecule has 0 radical (unpaired) electrons. The van der Waals surface area contributed by atoms with Crippen LogP contribution in [-0.4, -0.2) is 15.7 Å². The summed E-state index contributed by atoms with van der Waals surface area (Å²) in [5.41, 5.74) is 2.34. The fourth-order valence-corrected chi connectivity index (χ4v) is 2.83. The molecular weight excluding hydrogens is 326 g/mol. The van der Waals surface area contributed by atoms with Gasteiger partial charge < -0.3 is 5.32 Å². The molecule has 0 aliphatic rings. The second-order valence-corrected chi connectivity index (χ2v) is 6.44. The van der Waals surface area contributed by atoms with Crippen LogP contribution in [0.15, 0.2) is 53.3 Å². The van der Waals surface area contributed by atoms with Gasteiger partial charge in [0.2, 0.25) is 0 Å². The number of hydrogen-bond acceptors (Lipinski definition) is 3. The van der Waals surface area contributed by atoms with Crippen molar-refractivity contribution in [1.82, 2.24) is 15.1 Å². The smallest absolute Gasteiger partial charge is 0.274 e. The van der Waals surface area contributed by atoms with Gasteiger partial charge in [0.05, 0.1) is 5.39 Å². The first kappa shape index (κ1) is 17.9. The van der Waals surface area contributed by atoms with E-state index in [1.54, 1.807) is 12.1 Å². The standard InChI is InChI=1S/C21H23N3O2/c1-3-4-13-24-21(26)18-8-6-5-7-17(18)19(23-24)20(25)22-14-16-11-9-15(2)10-12-16/h5-12H,3-4,13-14H2,1-2H3,(H,22,25). The maximum atomic E-state index is 12.7. The van der Waals surface area contributed by atoms with E-state index < -0.39 is 0 Å². The zero-order valence-electron chi connectivity index (χ0n) is 15.2. The molecule has 0 aliphatic carbocycles. The van der Waals surface area contributed by atoms with E-state index in [-0.39, 0.29) is 11.5 Å². The maximum absolute atomic E-state index is 12.7. The van der Waals surface area contributed by atoms with E-state index in [9.17, 15) is 9.59 Å². The van der Waals surface area contributed by atoms with Gasteiger partial charge in [0, 0.05) is 18.5 Å². The number of amides is 1. The summed E-state index contributed by atoms with van der Waals surface area (Å²) in [6.07, 6.45) is 1.80. The third-order valence-electron chi connectivity index (χ3n) is 4.38. The Morgan fingerprint density at radius 1 is 1.08 bits per heavy atom. The van der Waals surface area contributed by atoms with Gasteiger partial charge in [0.1, 0.15) is 0 Å². The summed E-state index contributed by atoms with van der Waals surface area (Å²) < 4.78 is 1.41. The van der Waals surface area contributed by atoms with Gasteiger partial charge >= 0.3 is 0 Å². The molecule has 0 atom stereocenters. The molecule has 0 aliphatic heterocycles. The SMILES string of the molecule is CCCCn1nc(C(=O)NCc2ccc(C)cc2)c2ccccc2c1=O. The van der Waals surface area contributed by atoms with Crippen LogP contribution in [0.4, 0.5) is 0 Å². The molecule has 0 unspecified atom stereocenters. The number of carbonyl (C=O) groups is 1. The number of fused-ring (bicyclic) bond motifs is 1. The number of hydrogen-bond donors (Lipinski definition) is 1. The van der Waals surface area contributed by atoms with Crippen LogP contribution in [0, 0.1) is 6.92 Å². The molecule has 1 N–H and O–H groups in total. The summed E-state index contributed by atoms with van der Waals surface area (Å²) in [7, 11) is 0. The topological polar surface area (TPSA) is 64.0 Å². The summed E-state index contributed by atoms with van der Waals surface area (Å²) in [5.74, 6) is -0.271. The van der Waals surface area contributed by atoms with Gasteiger partial charge in [-0.2, -0.15) is 5.10 Å². The third kappa shape index (κ3) is 3.82. The average Bonchev–Trinajstić information content (AvgIpc) is 2.67. The molecule has 1 amide bonds. The predicted molar refractivity (Wildman–Crippen MR) is 103 cm³/mol. The molecule has 3 rings (SSSR count). The van der Waals surface area contributed by atoms with Crippen molar-refractivity contribution in [2.45, 2.75) is 39.8 Å². The highest BCUT2D eigenvalue weighted by atomic mass is 16.2. The number of aromatic nitrogens is 2. The predicted octanol–water partition coefficient (Wildman–Crippen LogP) is 3.44. The second kappa shape index (κ2) is 7.95. The van der Waals surface area contributed by atoms with Crippen LogP contribution in [0.5, 0.6) is 0 Å². The van der Waals surface area contributed by atoms with Crippen molar-refractivity contribution >= 4 is 16.7 Å². The van der Waals surface area contributed by atoms with Crippen molar-refractivity contribution in [3.05, 3.63) is 75.7 Å². The van der Waals surface area contributed by atoms with Crippen LogP contribution in [0.1, 0.15) is 41.4 Å². The van der Waals surface area contributed by atoms with Crippen molar-refractivity contribution in [2.24, 2.45) is 0 Å². The third-order valence-corrected chi connectivity index (χ3v) is 4.38. The first-order valence-electron chi connectivity index (χ1n) is 8.93. The fourth-order valence-electron chi connectivity index (χ4n) is 2.83. The first-order chi connectivity index (χ1) is 12.6. The summed E-state index contributed by atoms with van der Waals surface area (Å²) in [6.45, 7) is 5.01. The number of nitrogens with one attached hydrogen (secondary N) is 1. The molecular formula is C21H23N3O2. The number of benzene rings is 2. The Hall–Kier alpha value is -2.95. The Morgan fingerprint density at radius 3 is 2.46 bits per heavy atom. The van der Waals surface area contributed by atoms with Gasteiger partial charge in [0.15, 0.2) is 5.69 Å². The largest absolute Gasteiger partial charge is 0.347 e. The Labute approximate surface area is 152 Å². The number of aryl methyl sites for hydroxylation is 2. The molecule has 26 heavy (non-hydrogen) atoms. The minimum Gasteiger partial charge on any atom is -0.347 e. The summed E-state index contributed by atoms with van der Waals surface area (Å²) in [4.78, 5) is 25.3. The van der Waals surface area contributed by atoms with E-state index in [1.165, 1.54) is 10.2 Å². The molecule has 0 saturated heterocycles. The fraction of sp³-hybridized carbons (Fsp3) is 0.286. The van der Waals surface area contributed by atoms with Crippen LogP contribution in [0.25, 0.3) is 10.8 Å². The minimum atomic E-state index is -0.271. The van der Waals surface area contributed by atoms with E-state index in [2.05, 4.69) is 17.3 Å². The lowest BCUT2D eigenvalue weighted by Gasteiger charge is -2.11. The maximum Gasteiger partial charge on any atom is 0.274 e. The highest BCUT2D eigenvalue weighted by Crippen LogP contribution is 2.14. The van der Waals surface area contributed by atoms with E-state index in [4.69, 9.17) is 0 Å². The van der Waals surface area contributed by atoms with Crippen LogP contribution in [0.3, 0.4) is 0 Å². The molecule has 1 heterocycles. The molecule has 2 aromatic carbocycles. The molecule has 1 aromatic heterocycles. The second-order valence-electron chi connectivity index (χ2n) is 6.44.